The second-order valence-corrected chi connectivity index (χ2v) is 8.39. The van der Waals surface area contributed by atoms with E-state index >= 15 is 0 Å². The molecule has 0 aliphatic heterocycles. The fourth-order valence-corrected chi connectivity index (χ4v) is 3.48. The Morgan fingerprint density at radius 2 is 1.96 bits per heavy atom. The number of carbonyl (C=O) groups excluding carboxylic acids is 1. The van der Waals surface area contributed by atoms with Gasteiger partial charge in [-0.1, -0.05) is 19.0 Å². The standard InChI is InChI=1S/C17H23N3O5S/c1-10(2)16-15(11(3)19-25-16)17(21)18-12-7-8-13(24-6)14(9-12)26(22,23)20(4)5/h7-10H,1-6H3,(H,18,21). The van der Waals surface area contributed by atoms with Crippen molar-refractivity contribution in [2.45, 2.75) is 31.6 Å². The molecule has 1 aromatic carbocycles. The first-order valence-electron chi connectivity index (χ1n) is 7.97. The Morgan fingerprint density at radius 3 is 2.50 bits per heavy atom. The minimum atomic E-state index is -3.74. The normalized spacial score (nSPS) is 11.8. The van der Waals surface area contributed by atoms with E-state index in [4.69, 9.17) is 9.26 Å². The molecule has 0 saturated heterocycles. The van der Waals surface area contributed by atoms with Gasteiger partial charge in [0.05, 0.1) is 12.8 Å². The molecule has 0 bridgehead atoms. The van der Waals surface area contributed by atoms with Crippen LogP contribution in [0.25, 0.3) is 0 Å². The lowest BCUT2D eigenvalue weighted by Crippen LogP contribution is -2.23. The Kier molecular flexibility index (Phi) is 5.72. The van der Waals surface area contributed by atoms with Crippen molar-refractivity contribution in [3.63, 3.8) is 0 Å². The van der Waals surface area contributed by atoms with E-state index < -0.39 is 15.9 Å². The molecule has 2 rings (SSSR count). The molecule has 0 atom stereocenters. The predicted octanol–water partition coefficient (Wildman–Crippen LogP) is 2.62. The van der Waals surface area contributed by atoms with Crippen molar-refractivity contribution in [1.29, 1.82) is 0 Å². The number of nitrogens with one attached hydrogen (secondary N) is 1. The molecule has 0 aliphatic carbocycles. The number of amides is 1. The Hall–Kier alpha value is -2.39. The average molecular weight is 381 g/mol. The van der Waals surface area contributed by atoms with Crippen molar-refractivity contribution in [3.8, 4) is 5.75 Å². The van der Waals surface area contributed by atoms with Gasteiger partial charge in [0.1, 0.15) is 16.2 Å². The molecule has 26 heavy (non-hydrogen) atoms. The second-order valence-electron chi connectivity index (χ2n) is 6.27. The monoisotopic (exact) mass is 381 g/mol. The smallest absolute Gasteiger partial charge is 0.261 e. The summed E-state index contributed by atoms with van der Waals surface area (Å²) in [7, 11) is 0.503. The number of sulfonamides is 1. The van der Waals surface area contributed by atoms with E-state index in [2.05, 4.69) is 10.5 Å². The van der Waals surface area contributed by atoms with Gasteiger partial charge in [-0.25, -0.2) is 12.7 Å². The summed E-state index contributed by atoms with van der Waals surface area (Å²) in [4.78, 5) is 12.6. The first-order chi connectivity index (χ1) is 12.1. The molecule has 0 fully saturated rings. The quantitative estimate of drug-likeness (QED) is 0.825. The lowest BCUT2D eigenvalue weighted by atomic mass is 10.0. The molecule has 1 aromatic heterocycles. The van der Waals surface area contributed by atoms with Crippen LogP contribution in [0.15, 0.2) is 27.6 Å². The van der Waals surface area contributed by atoms with Gasteiger partial charge in [0, 0.05) is 25.7 Å². The zero-order valence-electron chi connectivity index (χ0n) is 15.7. The minimum Gasteiger partial charge on any atom is -0.495 e. The summed E-state index contributed by atoms with van der Waals surface area (Å²) in [5, 5.41) is 6.56. The SMILES string of the molecule is COc1ccc(NC(=O)c2c(C)noc2C(C)C)cc1S(=O)(=O)N(C)C. The average Bonchev–Trinajstić information content (AvgIpc) is 2.96. The van der Waals surface area contributed by atoms with E-state index in [0.29, 0.717) is 22.7 Å². The Morgan fingerprint density at radius 1 is 1.31 bits per heavy atom. The highest BCUT2D eigenvalue weighted by molar-refractivity contribution is 7.89. The van der Waals surface area contributed by atoms with Crippen LogP contribution in [0.1, 0.15) is 41.6 Å². The summed E-state index contributed by atoms with van der Waals surface area (Å²) in [6.07, 6.45) is 0. The van der Waals surface area contributed by atoms with E-state index in [-0.39, 0.29) is 16.6 Å². The number of rotatable bonds is 6. The van der Waals surface area contributed by atoms with E-state index in [1.54, 1.807) is 13.0 Å². The predicted molar refractivity (Wildman–Crippen MR) is 97.1 cm³/mol. The molecule has 142 valence electrons. The maximum absolute atomic E-state index is 12.7. The Labute approximate surface area is 153 Å². The third-order valence-corrected chi connectivity index (χ3v) is 5.66. The van der Waals surface area contributed by atoms with E-state index in [1.807, 2.05) is 13.8 Å². The van der Waals surface area contributed by atoms with Gasteiger partial charge < -0.3 is 14.6 Å². The number of hydrogen-bond donors (Lipinski definition) is 1. The minimum absolute atomic E-state index is 0.0162. The molecule has 2 aromatic rings. The molecule has 1 N–H and O–H groups in total. The summed E-state index contributed by atoms with van der Waals surface area (Å²) in [5.74, 6) is 0.249. The summed E-state index contributed by atoms with van der Waals surface area (Å²) < 4.78 is 36.4. The van der Waals surface area contributed by atoms with Gasteiger partial charge in [0.25, 0.3) is 5.91 Å². The first-order valence-corrected chi connectivity index (χ1v) is 9.41. The summed E-state index contributed by atoms with van der Waals surface area (Å²) in [5.41, 5.74) is 1.15. The van der Waals surface area contributed by atoms with Gasteiger partial charge in [0.15, 0.2) is 5.76 Å². The van der Waals surface area contributed by atoms with Gasteiger partial charge in [0.2, 0.25) is 10.0 Å². The third-order valence-electron chi connectivity index (χ3n) is 3.82. The molecule has 1 amide bonds. The van der Waals surface area contributed by atoms with Crippen LogP contribution < -0.4 is 10.1 Å². The van der Waals surface area contributed by atoms with Crippen molar-refractivity contribution in [2.24, 2.45) is 0 Å². The molecule has 0 unspecified atom stereocenters. The van der Waals surface area contributed by atoms with Crippen LogP contribution in [0.4, 0.5) is 5.69 Å². The third kappa shape index (κ3) is 3.73. The summed E-state index contributed by atoms with van der Waals surface area (Å²) in [6.45, 7) is 5.47. The summed E-state index contributed by atoms with van der Waals surface area (Å²) in [6, 6.07) is 4.43. The number of aryl methyl sites for hydroxylation is 1. The van der Waals surface area contributed by atoms with Crippen LogP contribution >= 0.6 is 0 Å². The topological polar surface area (TPSA) is 102 Å². The number of methoxy groups -OCH3 is 1. The van der Waals surface area contributed by atoms with Crippen LogP contribution in [-0.4, -0.2) is 45.0 Å². The lowest BCUT2D eigenvalue weighted by Gasteiger charge is -2.16. The van der Waals surface area contributed by atoms with Crippen molar-refractivity contribution in [2.75, 3.05) is 26.5 Å². The molecule has 0 spiro atoms. The molecule has 0 saturated carbocycles. The number of benzene rings is 1. The van der Waals surface area contributed by atoms with Crippen LogP contribution in [0.5, 0.6) is 5.75 Å². The summed E-state index contributed by atoms with van der Waals surface area (Å²) >= 11 is 0. The second kappa shape index (κ2) is 7.46. The van der Waals surface area contributed by atoms with Crippen molar-refractivity contribution in [3.05, 3.63) is 35.2 Å². The number of anilines is 1. The van der Waals surface area contributed by atoms with Crippen LogP contribution in [-0.2, 0) is 10.0 Å². The van der Waals surface area contributed by atoms with E-state index in [0.717, 1.165) is 4.31 Å². The molecule has 0 radical (unpaired) electrons. The van der Waals surface area contributed by atoms with Gasteiger partial charge in [-0.15, -0.1) is 0 Å². The van der Waals surface area contributed by atoms with E-state index in [1.165, 1.54) is 33.3 Å². The van der Waals surface area contributed by atoms with E-state index in [9.17, 15) is 13.2 Å². The molecule has 9 heteroatoms. The Balaban J connectivity index is 2.43. The van der Waals surface area contributed by atoms with Crippen LogP contribution in [0, 0.1) is 6.92 Å². The molecule has 0 aliphatic rings. The van der Waals surface area contributed by atoms with Gasteiger partial charge in [-0.05, 0) is 25.1 Å². The maximum Gasteiger partial charge on any atom is 0.261 e. The highest BCUT2D eigenvalue weighted by Crippen LogP contribution is 2.30. The highest BCUT2D eigenvalue weighted by atomic mass is 32.2. The van der Waals surface area contributed by atoms with Crippen molar-refractivity contribution in [1.82, 2.24) is 9.46 Å². The highest BCUT2D eigenvalue weighted by Gasteiger charge is 2.25. The molecule has 1 heterocycles. The molecular formula is C17H23N3O5S. The van der Waals surface area contributed by atoms with Crippen LogP contribution in [0.2, 0.25) is 0 Å². The molecular weight excluding hydrogens is 358 g/mol. The first kappa shape index (κ1) is 19.9. The lowest BCUT2D eigenvalue weighted by molar-refractivity contribution is 0.102. The van der Waals surface area contributed by atoms with Gasteiger partial charge in [-0.2, -0.15) is 0 Å². The molecule has 8 nitrogen and oxygen atoms in total. The maximum atomic E-state index is 12.7. The largest absolute Gasteiger partial charge is 0.495 e. The number of carbonyl (C=O) groups is 1. The fourth-order valence-electron chi connectivity index (χ4n) is 2.40. The van der Waals surface area contributed by atoms with Crippen molar-refractivity contribution < 1.29 is 22.5 Å². The number of hydrogen-bond acceptors (Lipinski definition) is 6. The number of ether oxygens (including phenoxy) is 1. The van der Waals surface area contributed by atoms with Gasteiger partial charge >= 0.3 is 0 Å². The van der Waals surface area contributed by atoms with Crippen LogP contribution in [0.3, 0.4) is 0 Å². The number of aromatic nitrogens is 1. The fraction of sp³-hybridized carbons (Fsp3) is 0.412. The van der Waals surface area contributed by atoms with Gasteiger partial charge in [-0.3, -0.25) is 4.79 Å². The Bertz CT molecular complexity index is 916. The van der Waals surface area contributed by atoms with Crippen molar-refractivity contribution >= 4 is 21.6 Å². The zero-order valence-corrected chi connectivity index (χ0v) is 16.5. The zero-order chi connectivity index (χ0) is 19.6. The number of nitrogens with zero attached hydrogens (tertiary/aromatic N) is 2.